The van der Waals surface area contributed by atoms with Crippen LogP contribution in [-0.2, 0) is 16.4 Å². The summed E-state index contributed by atoms with van der Waals surface area (Å²) in [6.45, 7) is 1.86. The molecule has 18 heavy (non-hydrogen) atoms. The summed E-state index contributed by atoms with van der Waals surface area (Å²) in [5, 5.41) is 0.466. The smallest absolute Gasteiger partial charge is 0.202 e. The minimum Gasteiger partial charge on any atom is -0.369 e. The van der Waals surface area contributed by atoms with E-state index >= 15 is 0 Å². The Balaban J connectivity index is 2.36. The van der Waals surface area contributed by atoms with Gasteiger partial charge in [0, 0.05) is 18.5 Å². The first kappa shape index (κ1) is 13.1. The summed E-state index contributed by atoms with van der Waals surface area (Å²) >= 11 is 5.80. The predicted molar refractivity (Wildman–Crippen MR) is 71.3 cm³/mol. The van der Waals surface area contributed by atoms with E-state index in [1.807, 2.05) is 0 Å². The average molecular weight is 289 g/mol. The van der Waals surface area contributed by atoms with Crippen LogP contribution in [0.25, 0.3) is 11.2 Å². The SMILES string of the molecule is CCS(=O)(=O)CCn1c(N)nc2cc(Cl)cnc21. The lowest BCUT2D eigenvalue weighted by Gasteiger charge is -2.05. The molecule has 2 rings (SSSR count). The van der Waals surface area contributed by atoms with E-state index in [2.05, 4.69) is 9.97 Å². The van der Waals surface area contributed by atoms with Crippen molar-refractivity contribution in [2.75, 3.05) is 17.2 Å². The van der Waals surface area contributed by atoms with Crippen molar-refractivity contribution in [3.63, 3.8) is 0 Å². The van der Waals surface area contributed by atoms with Gasteiger partial charge >= 0.3 is 0 Å². The van der Waals surface area contributed by atoms with Gasteiger partial charge in [-0.15, -0.1) is 0 Å². The van der Waals surface area contributed by atoms with Gasteiger partial charge in [-0.05, 0) is 6.07 Å². The Morgan fingerprint density at radius 1 is 1.50 bits per heavy atom. The van der Waals surface area contributed by atoms with Crippen molar-refractivity contribution in [2.24, 2.45) is 0 Å². The molecule has 0 saturated heterocycles. The van der Waals surface area contributed by atoms with Gasteiger partial charge in [0.15, 0.2) is 15.5 Å². The third kappa shape index (κ3) is 2.56. The molecule has 0 aliphatic carbocycles. The first-order chi connectivity index (χ1) is 8.43. The van der Waals surface area contributed by atoms with Crippen LogP contribution in [0.4, 0.5) is 5.95 Å². The monoisotopic (exact) mass is 288 g/mol. The standard InChI is InChI=1S/C10H13ClN4O2S/c1-2-18(16,17)4-3-15-9-8(14-10(15)12)5-7(11)6-13-9/h5-6H,2-4H2,1H3,(H2,12,14). The Kier molecular flexibility index (Phi) is 3.45. The quantitative estimate of drug-likeness (QED) is 0.910. The van der Waals surface area contributed by atoms with Crippen molar-refractivity contribution in [3.05, 3.63) is 17.3 Å². The topological polar surface area (TPSA) is 90.9 Å². The predicted octanol–water partition coefficient (Wildman–Crippen LogP) is 1.10. The van der Waals surface area contributed by atoms with E-state index in [0.29, 0.717) is 16.2 Å². The summed E-state index contributed by atoms with van der Waals surface area (Å²) in [6, 6.07) is 1.64. The molecule has 98 valence electrons. The van der Waals surface area contributed by atoms with Crippen molar-refractivity contribution in [1.82, 2.24) is 14.5 Å². The summed E-state index contributed by atoms with van der Waals surface area (Å²) in [5.74, 6) is 0.369. The third-order valence-corrected chi connectivity index (χ3v) is 4.54. The highest BCUT2D eigenvalue weighted by atomic mass is 35.5. The van der Waals surface area contributed by atoms with Gasteiger partial charge in [-0.3, -0.25) is 4.57 Å². The number of rotatable bonds is 4. The van der Waals surface area contributed by atoms with E-state index in [1.165, 1.54) is 6.20 Å². The lowest BCUT2D eigenvalue weighted by molar-refractivity contribution is 0.591. The van der Waals surface area contributed by atoms with Crippen molar-refractivity contribution < 1.29 is 8.42 Å². The molecular weight excluding hydrogens is 276 g/mol. The molecule has 0 unspecified atom stereocenters. The first-order valence-electron chi connectivity index (χ1n) is 5.40. The van der Waals surface area contributed by atoms with Gasteiger partial charge in [0.25, 0.3) is 0 Å². The molecular formula is C10H13ClN4O2S. The van der Waals surface area contributed by atoms with Crippen molar-refractivity contribution in [2.45, 2.75) is 13.5 Å². The van der Waals surface area contributed by atoms with E-state index in [1.54, 1.807) is 17.6 Å². The zero-order valence-electron chi connectivity index (χ0n) is 9.80. The number of aromatic nitrogens is 3. The number of aryl methyl sites for hydroxylation is 1. The summed E-state index contributed by atoms with van der Waals surface area (Å²) in [7, 11) is -3.05. The highest BCUT2D eigenvalue weighted by Gasteiger charge is 2.13. The Bertz CT molecular complexity index is 680. The largest absolute Gasteiger partial charge is 0.369 e. The molecule has 8 heteroatoms. The number of pyridine rings is 1. The number of hydrogen-bond donors (Lipinski definition) is 1. The van der Waals surface area contributed by atoms with E-state index in [0.717, 1.165) is 0 Å². The fourth-order valence-electron chi connectivity index (χ4n) is 1.60. The maximum Gasteiger partial charge on any atom is 0.202 e. The molecule has 0 aromatic carbocycles. The van der Waals surface area contributed by atoms with Crippen LogP contribution in [0.5, 0.6) is 0 Å². The molecule has 2 aromatic heterocycles. The molecule has 0 fully saturated rings. The molecule has 0 aliphatic rings. The van der Waals surface area contributed by atoms with Crippen molar-refractivity contribution >= 4 is 38.6 Å². The van der Waals surface area contributed by atoms with Crippen LogP contribution in [0.2, 0.25) is 5.02 Å². The summed E-state index contributed by atoms with van der Waals surface area (Å²) < 4.78 is 24.5. The molecule has 0 bridgehead atoms. The summed E-state index contributed by atoms with van der Waals surface area (Å²) in [6.07, 6.45) is 1.48. The van der Waals surface area contributed by atoms with Crippen LogP contribution < -0.4 is 5.73 Å². The van der Waals surface area contributed by atoms with Crippen molar-refractivity contribution in [3.8, 4) is 0 Å². The summed E-state index contributed by atoms with van der Waals surface area (Å²) in [5.41, 5.74) is 6.86. The van der Waals surface area contributed by atoms with Gasteiger partial charge in [-0.1, -0.05) is 18.5 Å². The first-order valence-corrected chi connectivity index (χ1v) is 7.60. The van der Waals surface area contributed by atoms with E-state index in [4.69, 9.17) is 17.3 Å². The van der Waals surface area contributed by atoms with Gasteiger partial charge in [0.1, 0.15) is 5.52 Å². The molecule has 0 atom stereocenters. The zero-order chi connectivity index (χ0) is 13.3. The number of sulfone groups is 1. The average Bonchev–Trinajstić information content (AvgIpc) is 2.61. The second kappa shape index (κ2) is 4.74. The number of nitrogen functional groups attached to an aromatic ring is 1. The van der Waals surface area contributed by atoms with E-state index < -0.39 is 9.84 Å². The van der Waals surface area contributed by atoms with Gasteiger partial charge < -0.3 is 5.73 Å². The molecule has 2 N–H and O–H groups in total. The molecule has 0 spiro atoms. The van der Waals surface area contributed by atoms with Crippen LogP contribution in [0.3, 0.4) is 0 Å². The Morgan fingerprint density at radius 3 is 2.89 bits per heavy atom. The second-order valence-corrected chi connectivity index (χ2v) is 6.76. The maximum atomic E-state index is 11.5. The minimum atomic E-state index is -3.05. The number of imidazole rings is 1. The number of anilines is 1. The molecule has 0 amide bonds. The third-order valence-electron chi connectivity index (χ3n) is 2.65. The summed E-state index contributed by atoms with van der Waals surface area (Å²) in [4.78, 5) is 8.22. The number of halogens is 1. The van der Waals surface area contributed by atoms with Gasteiger partial charge in [0.2, 0.25) is 5.95 Å². The molecule has 2 aromatic rings. The zero-order valence-corrected chi connectivity index (χ0v) is 11.4. The normalized spacial score (nSPS) is 12.1. The molecule has 2 heterocycles. The van der Waals surface area contributed by atoms with Gasteiger partial charge in [-0.25, -0.2) is 18.4 Å². The van der Waals surface area contributed by atoms with Crippen LogP contribution in [0.1, 0.15) is 6.92 Å². The molecule has 0 radical (unpaired) electrons. The van der Waals surface area contributed by atoms with Gasteiger partial charge in [0.05, 0.1) is 10.8 Å². The van der Waals surface area contributed by atoms with Crippen LogP contribution >= 0.6 is 11.6 Å². The van der Waals surface area contributed by atoms with E-state index in [-0.39, 0.29) is 24.0 Å². The Morgan fingerprint density at radius 2 is 2.22 bits per heavy atom. The van der Waals surface area contributed by atoms with Crippen LogP contribution in [0, 0.1) is 0 Å². The Labute approximate surface area is 110 Å². The molecule has 0 saturated carbocycles. The van der Waals surface area contributed by atoms with Crippen molar-refractivity contribution in [1.29, 1.82) is 0 Å². The highest BCUT2D eigenvalue weighted by Crippen LogP contribution is 2.19. The number of hydrogen-bond acceptors (Lipinski definition) is 5. The number of nitrogens with zero attached hydrogens (tertiary/aromatic N) is 3. The van der Waals surface area contributed by atoms with Gasteiger partial charge in [-0.2, -0.15) is 0 Å². The lowest BCUT2D eigenvalue weighted by Crippen LogP contribution is -2.16. The maximum absolute atomic E-state index is 11.5. The second-order valence-electron chi connectivity index (χ2n) is 3.85. The molecule has 6 nitrogen and oxygen atoms in total. The fourth-order valence-corrected chi connectivity index (χ4v) is 2.50. The fraction of sp³-hybridized carbons (Fsp3) is 0.400. The van der Waals surface area contributed by atoms with E-state index in [9.17, 15) is 8.42 Å². The highest BCUT2D eigenvalue weighted by molar-refractivity contribution is 7.91. The number of nitrogens with two attached hydrogens (primary N) is 1. The van der Waals surface area contributed by atoms with Crippen LogP contribution in [-0.4, -0.2) is 34.5 Å². The minimum absolute atomic E-state index is 0.0173. The number of fused-ring (bicyclic) bond motifs is 1. The van der Waals surface area contributed by atoms with Crippen LogP contribution in [0.15, 0.2) is 12.3 Å². The molecule has 0 aliphatic heterocycles. The lowest BCUT2D eigenvalue weighted by atomic mass is 10.4. The Hall–Kier alpha value is -1.34.